The summed E-state index contributed by atoms with van der Waals surface area (Å²) in [5.41, 5.74) is 0. The maximum absolute atomic E-state index is 12.1. The van der Waals surface area contributed by atoms with Crippen molar-refractivity contribution in [1.29, 1.82) is 0 Å². The van der Waals surface area contributed by atoms with E-state index < -0.39 is 323 Å². The molecule has 23 rings (SSSR count). The molecule has 0 aliphatic carbocycles. The number of rotatable bonds is 11. The highest BCUT2D eigenvalue weighted by Crippen LogP contribution is 2.40. The summed E-state index contributed by atoms with van der Waals surface area (Å²) in [6, 6.07) is 0. The van der Waals surface area contributed by atoms with Gasteiger partial charge in [-0.3, -0.25) is 0 Å². The van der Waals surface area contributed by atoms with Crippen molar-refractivity contribution in [3.05, 3.63) is 0 Å². The van der Waals surface area contributed by atoms with Crippen molar-refractivity contribution < 1.29 is 213 Å². The highest BCUT2D eigenvalue weighted by atomic mass is 16.8. The predicted octanol–water partition coefficient (Wildman–Crippen LogP) is -17.5. The van der Waals surface area contributed by atoms with E-state index in [4.69, 9.17) is 85.3 Å². The van der Waals surface area contributed by atoms with Crippen molar-refractivity contribution in [1.82, 2.24) is 0 Å². The molecule has 23 fully saturated rings. The molecular formula is C54H90O43. The van der Waals surface area contributed by atoms with Gasteiger partial charge in [-0.2, -0.15) is 0 Å². The van der Waals surface area contributed by atoms with Crippen molar-refractivity contribution in [2.24, 2.45) is 0 Å². The Balaban J connectivity index is 0.981. The summed E-state index contributed by atoms with van der Waals surface area (Å²) in [4.78, 5) is 0. The van der Waals surface area contributed by atoms with Crippen LogP contribution in [-0.4, -0.2) is 450 Å². The molecule has 97 heavy (non-hydrogen) atoms. The van der Waals surface area contributed by atoms with Crippen molar-refractivity contribution in [2.45, 2.75) is 290 Å². The summed E-state index contributed by atoms with van der Waals surface area (Å²) in [6.45, 7) is -4.95. The van der Waals surface area contributed by atoms with Crippen LogP contribution in [-0.2, 0) is 85.3 Å². The molecule has 23 aliphatic rings. The highest BCUT2D eigenvalue weighted by molar-refractivity contribution is 5.03. The maximum atomic E-state index is 12.1. The normalized spacial score (nSPS) is 56.0. The molecule has 564 valence electrons. The van der Waals surface area contributed by atoms with Crippen molar-refractivity contribution in [2.75, 3.05) is 46.2 Å². The van der Waals surface area contributed by atoms with Gasteiger partial charge in [0, 0.05) is 0 Å². The molecule has 25 N–H and O–H groups in total. The van der Waals surface area contributed by atoms with E-state index in [1.54, 1.807) is 0 Å². The molecule has 0 aromatic carbocycles. The second-order valence-corrected chi connectivity index (χ2v) is 25.3. The first kappa shape index (κ1) is 77.9. The van der Waals surface area contributed by atoms with Gasteiger partial charge in [0.25, 0.3) is 0 Å². The van der Waals surface area contributed by atoms with E-state index in [1.165, 1.54) is 13.8 Å². The van der Waals surface area contributed by atoms with Crippen LogP contribution >= 0.6 is 0 Å². The maximum Gasteiger partial charge on any atom is 0.187 e. The van der Waals surface area contributed by atoms with Gasteiger partial charge >= 0.3 is 0 Å². The van der Waals surface area contributed by atoms with Crippen LogP contribution < -0.4 is 0 Å². The Hall–Kier alpha value is -1.72. The standard InChI is InChI=1S/C54H90O43/c1-10-19(60)21(62)30(71)46(82-10)80-8-17-44-29(70)38(79)54(90-17)97-45-18(9-81-47-31(72)22(63)20(61)11(2)83-47)89-53(37(78)28(45)69)95-43-16(7-59)87-51(35(76)26(43)67)93-41-14(5-57)85-49(33(74)24(41)65)91-39-12(3-55)84-48(32(73)23(39)64)92-40-13(4-56)86-50(34(75)25(40)66)94-42-15(6-58)88-52(96-44)36(77)27(42)68/h10-79H,3-9H2,1-2H3/t10-,11-,12+,13+,14+,15+,16+,17+,18+,19+,20+,21+,22+,23+,24+,25+,26+,27+,28+,29+,30-,31-,32+,33+,34+,35+,36+,37+,38+,39+,40+,41+,42+,43+,44+,45+,46-,47-,48+,49+,50+,51+,52+,53+,54+/m0/s1. The Labute approximate surface area is 548 Å². The van der Waals surface area contributed by atoms with Crippen LogP contribution in [0.25, 0.3) is 0 Å². The van der Waals surface area contributed by atoms with Crippen LogP contribution in [0.1, 0.15) is 13.8 Å². The van der Waals surface area contributed by atoms with Gasteiger partial charge < -0.3 is 213 Å². The van der Waals surface area contributed by atoms with E-state index in [0.717, 1.165) is 0 Å². The monoisotopic (exact) mass is 1430 g/mol. The van der Waals surface area contributed by atoms with Crippen molar-refractivity contribution in [3.8, 4) is 0 Å². The zero-order valence-electron chi connectivity index (χ0n) is 51.5. The summed E-state index contributed by atoms with van der Waals surface area (Å²) in [5, 5.41) is 280. The van der Waals surface area contributed by atoms with E-state index in [9.17, 15) is 128 Å². The SMILES string of the molecule is C[C@@H]1O[C@H](OC[C@H]2O[C@@H]3O[C@H]4[C@H](O)[C@@H](O)[C@@H](O[C@H]5[C@H](O)[C@@H](O)[C@@H](O[C@H]6[C@H](O)[C@@H](O)[C@@H](O[C@H]7[C@H](O)[C@@H](O)[C@@H](O[C@H]8[C@H](O)[C@@H](O)[C@@H](O[C@H]9[C@H](O)[C@@H](O)[C@@H](O[C@H]2[C@H](O)[C@H]3O)O[C@@H]9CO)O[C@@H]8CO)O[C@@H]7CO)O[C@@H]6CO)O[C@@H]5CO)O[C@@H]4CO[C@H]2O[C@@H](C)[C@@H](O)[C@@H](O)[C@@H]2O)[C@@H](O)[C@H](O)[C@@H]1O. The average Bonchev–Trinajstić information content (AvgIpc) is 0.782. The molecule has 0 radical (unpaired) electrons. The van der Waals surface area contributed by atoms with Crippen LogP contribution in [0.4, 0.5) is 0 Å². The van der Waals surface area contributed by atoms with E-state index in [-0.39, 0.29) is 0 Å². The van der Waals surface area contributed by atoms with Gasteiger partial charge in [0.2, 0.25) is 0 Å². The number of hydrogen-bond donors (Lipinski definition) is 25. The predicted molar refractivity (Wildman–Crippen MR) is 291 cm³/mol. The second kappa shape index (κ2) is 32.7. The van der Waals surface area contributed by atoms with Gasteiger partial charge in [-0.15, -0.1) is 0 Å². The minimum Gasteiger partial charge on any atom is -0.394 e. The molecule has 45 atom stereocenters. The molecule has 43 nitrogen and oxygen atoms in total. The van der Waals surface area contributed by atoms with E-state index in [1.807, 2.05) is 0 Å². The summed E-state index contributed by atoms with van der Waals surface area (Å²) >= 11 is 0. The van der Waals surface area contributed by atoms with Gasteiger partial charge in [0.05, 0.1) is 58.5 Å². The number of aliphatic hydroxyl groups is 25. The molecule has 0 spiro atoms. The van der Waals surface area contributed by atoms with Gasteiger partial charge in [0.15, 0.2) is 56.6 Å². The fourth-order valence-corrected chi connectivity index (χ4v) is 13.1. The fourth-order valence-electron chi connectivity index (χ4n) is 13.1. The minimum absolute atomic E-state index is 0.974. The molecule has 14 bridgehead atoms. The topological polar surface area (TPSA) is 672 Å². The Morgan fingerprint density at radius 1 is 0.196 bits per heavy atom. The number of aliphatic hydroxyl groups excluding tert-OH is 25. The Kier molecular flexibility index (Phi) is 26.3. The first-order valence-electron chi connectivity index (χ1n) is 31.3. The molecule has 0 aromatic rings. The summed E-state index contributed by atoms with van der Waals surface area (Å²) < 4.78 is 105. The van der Waals surface area contributed by atoms with Crippen LogP contribution in [0.15, 0.2) is 0 Å². The highest BCUT2D eigenvalue weighted by Gasteiger charge is 2.61. The summed E-state index contributed by atoms with van der Waals surface area (Å²) in [6.07, 6.45) is -91.9. The summed E-state index contributed by atoms with van der Waals surface area (Å²) in [5.74, 6) is 0. The zero-order chi connectivity index (χ0) is 70.7. The zero-order valence-corrected chi connectivity index (χ0v) is 51.5. The minimum atomic E-state index is -2.42. The largest absolute Gasteiger partial charge is 0.394 e. The summed E-state index contributed by atoms with van der Waals surface area (Å²) in [7, 11) is 0. The fraction of sp³-hybridized carbons (Fsp3) is 1.00. The van der Waals surface area contributed by atoms with Gasteiger partial charge in [0.1, 0.15) is 208 Å². The Bertz CT molecular complexity index is 2390. The van der Waals surface area contributed by atoms with Crippen molar-refractivity contribution >= 4 is 0 Å². The smallest absolute Gasteiger partial charge is 0.187 e. The number of hydrogen-bond acceptors (Lipinski definition) is 43. The third-order valence-corrected chi connectivity index (χ3v) is 18.9. The molecule has 23 saturated heterocycles. The van der Waals surface area contributed by atoms with E-state index >= 15 is 0 Å². The van der Waals surface area contributed by atoms with Crippen LogP contribution in [0.5, 0.6) is 0 Å². The number of ether oxygens (including phenoxy) is 18. The lowest BCUT2D eigenvalue weighted by atomic mass is 9.95. The first-order chi connectivity index (χ1) is 46.0. The first-order valence-corrected chi connectivity index (χ1v) is 31.3. The van der Waals surface area contributed by atoms with Crippen molar-refractivity contribution in [3.63, 3.8) is 0 Å². The third kappa shape index (κ3) is 15.7. The molecular weight excluding hydrogens is 1340 g/mol. The molecule has 23 aliphatic heterocycles. The Morgan fingerprint density at radius 3 is 0.557 bits per heavy atom. The van der Waals surface area contributed by atoms with E-state index in [0.29, 0.717) is 0 Å². The third-order valence-electron chi connectivity index (χ3n) is 18.9. The average molecular weight is 1430 g/mol. The van der Waals surface area contributed by atoms with Gasteiger partial charge in [-0.05, 0) is 13.8 Å². The van der Waals surface area contributed by atoms with Crippen LogP contribution in [0.2, 0.25) is 0 Å². The molecule has 23 heterocycles. The second-order valence-electron chi connectivity index (χ2n) is 25.3. The van der Waals surface area contributed by atoms with Crippen LogP contribution in [0, 0.1) is 0 Å². The molecule has 43 heteroatoms. The van der Waals surface area contributed by atoms with Gasteiger partial charge in [-0.25, -0.2) is 0 Å². The Morgan fingerprint density at radius 2 is 0.371 bits per heavy atom. The molecule has 0 amide bonds. The quantitative estimate of drug-likeness (QED) is 0.0913. The lowest BCUT2D eigenvalue weighted by Gasteiger charge is -2.50. The van der Waals surface area contributed by atoms with E-state index in [2.05, 4.69) is 0 Å². The molecule has 0 saturated carbocycles. The molecule has 0 unspecified atom stereocenters. The molecule has 0 aromatic heterocycles. The van der Waals surface area contributed by atoms with Gasteiger partial charge in [-0.1, -0.05) is 0 Å². The lowest BCUT2D eigenvalue weighted by molar-refractivity contribution is -0.400. The lowest BCUT2D eigenvalue weighted by Crippen LogP contribution is -2.68. The van der Waals surface area contributed by atoms with Crippen LogP contribution in [0.3, 0.4) is 0 Å².